The topological polar surface area (TPSA) is 67.9 Å². The second-order valence-electron chi connectivity index (χ2n) is 6.56. The number of anilines is 2. The minimum Gasteiger partial charge on any atom is -0.440 e. The first-order chi connectivity index (χ1) is 12.8. The third kappa shape index (κ3) is 3.99. The second-order valence-corrected chi connectivity index (χ2v) is 6.56. The van der Waals surface area contributed by atoms with Crippen molar-refractivity contribution in [3.05, 3.63) is 61.1 Å². The summed E-state index contributed by atoms with van der Waals surface area (Å²) in [5.41, 5.74) is 3.00. The molecule has 1 aliphatic heterocycles. The monoisotopic (exact) mass is 417 g/mol. The third-order valence-electron chi connectivity index (χ3n) is 4.78. The molecule has 0 radical (unpaired) electrons. The molecular formula is C20H21Cl2N5O. The van der Waals surface area contributed by atoms with Crippen LogP contribution in [0.5, 0.6) is 0 Å². The van der Waals surface area contributed by atoms with Gasteiger partial charge in [0.05, 0.1) is 12.2 Å². The highest BCUT2D eigenvalue weighted by molar-refractivity contribution is 5.85. The lowest BCUT2D eigenvalue weighted by atomic mass is 10.1. The lowest BCUT2D eigenvalue weighted by molar-refractivity contribution is 0.491. The van der Waals surface area contributed by atoms with Crippen LogP contribution in [0.25, 0.3) is 22.1 Å². The van der Waals surface area contributed by atoms with Crippen LogP contribution in [-0.4, -0.2) is 27.9 Å². The smallest absolute Gasteiger partial charge is 0.199 e. The van der Waals surface area contributed by atoms with E-state index in [0.717, 1.165) is 47.4 Å². The maximum Gasteiger partial charge on any atom is 0.199 e. The zero-order valence-electron chi connectivity index (χ0n) is 15.0. The first-order valence-corrected chi connectivity index (χ1v) is 8.82. The van der Waals surface area contributed by atoms with Crippen LogP contribution in [0, 0.1) is 0 Å². The van der Waals surface area contributed by atoms with E-state index in [1.807, 2.05) is 54.9 Å². The summed E-state index contributed by atoms with van der Waals surface area (Å²) in [7, 11) is 0. The molecule has 0 aliphatic carbocycles. The summed E-state index contributed by atoms with van der Waals surface area (Å²) in [4.78, 5) is 4.51. The molecule has 1 aromatic carbocycles. The van der Waals surface area contributed by atoms with Gasteiger partial charge in [-0.1, -0.05) is 18.2 Å². The maximum absolute atomic E-state index is 5.78. The minimum absolute atomic E-state index is 0. The van der Waals surface area contributed by atoms with Crippen molar-refractivity contribution in [3.63, 3.8) is 0 Å². The number of aromatic nitrogens is 3. The lowest BCUT2D eigenvalue weighted by Crippen LogP contribution is -2.13. The minimum atomic E-state index is 0. The molecule has 0 amide bonds. The summed E-state index contributed by atoms with van der Waals surface area (Å²) in [5.74, 6) is 1.44. The first-order valence-electron chi connectivity index (χ1n) is 8.82. The molecule has 2 N–H and O–H groups in total. The van der Waals surface area contributed by atoms with E-state index >= 15 is 0 Å². The number of nitrogens with one attached hydrogen (secondary N) is 2. The van der Waals surface area contributed by atoms with Gasteiger partial charge in [0, 0.05) is 41.5 Å². The van der Waals surface area contributed by atoms with Gasteiger partial charge in [0.25, 0.3) is 0 Å². The van der Waals surface area contributed by atoms with Crippen molar-refractivity contribution in [2.24, 2.45) is 0 Å². The lowest BCUT2D eigenvalue weighted by Gasteiger charge is -2.07. The standard InChI is InChI=1S/C20H19N5O.2ClH/c1-2-4-18-14(3-1)9-20(26-18)24-19-6-5-15(10-22-19)16-11-23-25(13-16)17-7-8-21-12-17;;/h1-6,9-11,13,17,21H,7-8,12H2,(H,22,24);2*1H/t17-;;/m0../s1. The zero-order valence-corrected chi connectivity index (χ0v) is 16.7. The van der Waals surface area contributed by atoms with Crippen LogP contribution in [0.15, 0.2) is 65.5 Å². The summed E-state index contributed by atoms with van der Waals surface area (Å²) < 4.78 is 7.83. The Kier molecular flexibility index (Phi) is 6.24. The normalized spacial score (nSPS) is 15.8. The number of halogens is 2. The molecule has 1 atom stereocenters. The highest BCUT2D eigenvalue weighted by Gasteiger charge is 2.17. The van der Waals surface area contributed by atoms with Crippen molar-refractivity contribution in [1.82, 2.24) is 20.1 Å². The summed E-state index contributed by atoms with van der Waals surface area (Å²) in [5, 5.41) is 12.2. The number of rotatable bonds is 4. The number of hydrogen-bond acceptors (Lipinski definition) is 5. The van der Waals surface area contributed by atoms with Gasteiger partial charge in [-0.05, 0) is 31.2 Å². The van der Waals surface area contributed by atoms with Gasteiger partial charge in [-0.2, -0.15) is 5.10 Å². The number of fused-ring (bicyclic) bond motifs is 1. The van der Waals surface area contributed by atoms with Crippen LogP contribution in [0.4, 0.5) is 11.7 Å². The van der Waals surface area contributed by atoms with Crippen molar-refractivity contribution in [2.75, 3.05) is 18.4 Å². The Labute approximate surface area is 175 Å². The van der Waals surface area contributed by atoms with Crippen LogP contribution in [0.1, 0.15) is 12.5 Å². The van der Waals surface area contributed by atoms with Gasteiger partial charge >= 0.3 is 0 Å². The van der Waals surface area contributed by atoms with Crippen molar-refractivity contribution in [3.8, 4) is 11.1 Å². The molecule has 0 unspecified atom stereocenters. The number of pyridine rings is 1. The molecule has 1 aliphatic rings. The van der Waals surface area contributed by atoms with E-state index in [2.05, 4.69) is 31.6 Å². The summed E-state index contributed by atoms with van der Waals surface area (Å²) >= 11 is 0. The molecule has 0 spiro atoms. The van der Waals surface area contributed by atoms with Gasteiger partial charge in [-0.3, -0.25) is 4.68 Å². The SMILES string of the molecule is Cl.Cl.c1ccc2oc(Nc3ccc(-c4cnn([C@H]5CCNC5)c4)cn3)cc2c1. The maximum atomic E-state index is 5.78. The molecule has 8 heteroatoms. The fourth-order valence-electron chi connectivity index (χ4n) is 3.36. The van der Waals surface area contributed by atoms with Crippen LogP contribution in [0.2, 0.25) is 0 Å². The molecule has 5 rings (SSSR count). The summed E-state index contributed by atoms with van der Waals surface area (Å²) in [6.45, 7) is 2.04. The van der Waals surface area contributed by atoms with Crippen LogP contribution in [-0.2, 0) is 0 Å². The molecule has 4 heterocycles. The molecule has 1 saturated heterocycles. The Bertz CT molecular complexity index is 1010. The molecule has 146 valence electrons. The van der Waals surface area contributed by atoms with Crippen LogP contribution < -0.4 is 10.6 Å². The Morgan fingerprint density at radius 2 is 1.96 bits per heavy atom. The number of furan rings is 1. The summed E-state index contributed by atoms with van der Waals surface area (Å²) in [6.07, 6.45) is 6.99. The molecule has 1 fully saturated rings. The van der Waals surface area contributed by atoms with E-state index in [1.165, 1.54) is 0 Å². The van der Waals surface area contributed by atoms with Crippen LogP contribution >= 0.6 is 24.8 Å². The van der Waals surface area contributed by atoms with E-state index < -0.39 is 0 Å². The molecular weight excluding hydrogens is 397 g/mol. The largest absolute Gasteiger partial charge is 0.440 e. The van der Waals surface area contributed by atoms with Gasteiger partial charge in [0.15, 0.2) is 5.88 Å². The molecule has 0 saturated carbocycles. The summed E-state index contributed by atoms with van der Waals surface area (Å²) in [6, 6.07) is 14.4. The number of para-hydroxylation sites is 1. The van der Waals surface area contributed by atoms with E-state index in [1.54, 1.807) is 0 Å². The Hall–Kier alpha value is -2.54. The average molecular weight is 418 g/mol. The second kappa shape index (κ2) is 8.65. The van der Waals surface area contributed by atoms with Crippen molar-refractivity contribution in [2.45, 2.75) is 12.5 Å². The van der Waals surface area contributed by atoms with Gasteiger partial charge in [0.1, 0.15) is 11.4 Å². The van der Waals surface area contributed by atoms with E-state index in [4.69, 9.17) is 4.42 Å². The molecule has 28 heavy (non-hydrogen) atoms. The predicted molar refractivity (Wildman–Crippen MR) is 116 cm³/mol. The van der Waals surface area contributed by atoms with Crippen molar-refractivity contribution < 1.29 is 4.42 Å². The van der Waals surface area contributed by atoms with E-state index in [0.29, 0.717) is 11.9 Å². The fraction of sp³-hybridized carbons (Fsp3) is 0.200. The van der Waals surface area contributed by atoms with Gasteiger partial charge in [0.2, 0.25) is 0 Å². The number of benzene rings is 1. The van der Waals surface area contributed by atoms with Gasteiger partial charge < -0.3 is 15.1 Å². The zero-order chi connectivity index (χ0) is 17.3. The Balaban J connectivity index is 0.00000112. The first kappa shape index (κ1) is 20.2. The van der Waals surface area contributed by atoms with Gasteiger partial charge in [-0.15, -0.1) is 24.8 Å². The predicted octanol–water partition coefficient (Wildman–Crippen LogP) is 4.81. The van der Waals surface area contributed by atoms with E-state index in [-0.39, 0.29) is 24.8 Å². The van der Waals surface area contributed by atoms with Crippen molar-refractivity contribution >= 4 is 47.5 Å². The molecule has 0 bridgehead atoms. The molecule has 4 aromatic rings. The van der Waals surface area contributed by atoms with E-state index in [9.17, 15) is 0 Å². The molecule has 6 nitrogen and oxygen atoms in total. The van der Waals surface area contributed by atoms with Gasteiger partial charge in [-0.25, -0.2) is 4.98 Å². The third-order valence-corrected chi connectivity index (χ3v) is 4.78. The highest BCUT2D eigenvalue weighted by atomic mass is 35.5. The van der Waals surface area contributed by atoms with Crippen molar-refractivity contribution in [1.29, 1.82) is 0 Å². The Morgan fingerprint density at radius 3 is 2.71 bits per heavy atom. The van der Waals surface area contributed by atoms with Crippen LogP contribution in [0.3, 0.4) is 0 Å². The number of hydrogen-bond donors (Lipinski definition) is 2. The Morgan fingerprint density at radius 1 is 1.07 bits per heavy atom. The average Bonchev–Trinajstić information content (AvgIpc) is 3.41. The fourth-order valence-corrected chi connectivity index (χ4v) is 3.36. The molecule has 3 aromatic heterocycles. The quantitative estimate of drug-likeness (QED) is 0.498. The number of nitrogens with zero attached hydrogens (tertiary/aromatic N) is 3. The highest BCUT2D eigenvalue weighted by Crippen LogP contribution is 2.26.